The van der Waals surface area contributed by atoms with E-state index in [1.165, 1.54) is 6.07 Å². The van der Waals surface area contributed by atoms with Crippen molar-refractivity contribution in [2.45, 2.75) is 12.5 Å². The van der Waals surface area contributed by atoms with Crippen LogP contribution < -0.4 is 10.1 Å². The molecular weight excluding hydrogens is 214 g/mol. The molecule has 0 aliphatic rings. The van der Waals surface area contributed by atoms with Gasteiger partial charge < -0.3 is 10.1 Å². The van der Waals surface area contributed by atoms with Gasteiger partial charge in [0.1, 0.15) is 5.82 Å². The predicted molar refractivity (Wildman–Crippen MR) is 54.9 cm³/mol. The summed E-state index contributed by atoms with van der Waals surface area (Å²) in [5.41, 5.74) is 0. The van der Waals surface area contributed by atoms with Crippen LogP contribution in [0.15, 0.2) is 18.2 Å². The Morgan fingerprint density at radius 1 is 1.50 bits per heavy atom. The van der Waals surface area contributed by atoms with E-state index in [1.54, 1.807) is 7.05 Å². The minimum atomic E-state index is -0.738. The number of nitrogens with one attached hydrogen (secondary N) is 1. The fraction of sp³-hybridized carbons (Fsp3) is 0.364. The Hall–Kier alpha value is -1.67. The number of nitrogens with zero attached hydrogens (tertiary/aromatic N) is 1. The zero-order valence-corrected chi connectivity index (χ0v) is 8.84. The van der Waals surface area contributed by atoms with Crippen LogP contribution in [0.1, 0.15) is 6.42 Å². The molecule has 16 heavy (non-hydrogen) atoms. The fourth-order valence-corrected chi connectivity index (χ4v) is 1.15. The molecule has 1 unspecified atom stereocenters. The maximum absolute atomic E-state index is 13.1. The highest BCUT2D eigenvalue weighted by atomic mass is 19.1. The van der Waals surface area contributed by atoms with E-state index in [0.717, 1.165) is 12.1 Å². The first kappa shape index (κ1) is 12.4. The first-order chi connectivity index (χ1) is 7.67. The van der Waals surface area contributed by atoms with Crippen molar-refractivity contribution in [2.75, 3.05) is 13.7 Å². The third kappa shape index (κ3) is 3.48. The molecule has 0 aliphatic carbocycles. The summed E-state index contributed by atoms with van der Waals surface area (Å²) < 4.78 is 30.7. The fourth-order valence-electron chi connectivity index (χ4n) is 1.15. The summed E-state index contributed by atoms with van der Waals surface area (Å²) >= 11 is 0. The van der Waals surface area contributed by atoms with Gasteiger partial charge in [-0.25, -0.2) is 8.78 Å². The topological polar surface area (TPSA) is 45.0 Å². The van der Waals surface area contributed by atoms with Crippen molar-refractivity contribution < 1.29 is 13.5 Å². The number of benzene rings is 1. The van der Waals surface area contributed by atoms with Crippen molar-refractivity contribution in [3.63, 3.8) is 0 Å². The lowest BCUT2D eigenvalue weighted by Gasteiger charge is -2.09. The SMILES string of the molecule is CNC(C#N)CCOc1ccc(F)cc1F. The molecule has 0 aromatic heterocycles. The van der Waals surface area contributed by atoms with Crippen LogP contribution in [0.4, 0.5) is 8.78 Å². The van der Waals surface area contributed by atoms with Crippen LogP contribution in [0.3, 0.4) is 0 Å². The summed E-state index contributed by atoms with van der Waals surface area (Å²) in [5, 5.41) is 11.4. The second-order valence-electron chi connectivity index (χ2n) is 3.18. The Morgan fingerprint density at radius 2 is 2.25 bits per heavy atom. The molecule has 1 N–H and O–H groups in total. The zero-order chi connectivity index (χ0) is 12.0. The summed E-state index contributed by atoms with van der Waals surface area (Å²) in [4.78, 5) is 0. The number of hydrogen-bond donors (Lipinski definition) is 1. The van der Waals surface area contributed by atoms with Gasteiger partial charge in [-0.15, -0.1) is 0 Å². The first-order valence-corrected chi connectivity index (χ1v) is 4.82. The molecule has 1 aromatic rings. The maximum Gasteiger partial charge on any atom is 0.167 e. The molecule has 3 nitrogen and oxygen atoms in total. The number of rotatable bonds is 5. The van der Waals surface area contributed by atoms with Gasteiger partial charge in [0.25, 0.3) is 0 Å². The highest BCUT2D eigenvalue weighted by Crippen LogP contribution is 2.17. The number of halogens is 2. The standard InChI is InChI=1S/C11H12F2N2O/c1-15-9(7-14)4-5-16-11-3-2-8(12)6-10(11)13/h2-3,6,9,15H,4-5H2,1H3. The van der Waals surface area contributed by atoms with Crippen molar-refractivity contribution in [3.8, 4) is 11.8 Å². The molecule has 0 saturated carbocycles. The van der Waals surface area contributed by atoms with E-state index in [2.05, 4.69) is 5.32 Å². The summed E-state index contributed by atoms with van der Waals surface area (Å²) in [6, 6.07) is 4.80. The smallest absolute Gasteiger partial charge is 0.167 e. The van der Waals surface area contributed by atoms with E-state index < -0.39 is 11.6 Å². The van der Waals surface area contributed by atoms with E-state index in [9.17, 15) is 8.78 Å². The molecule has 0 aliphatic heterocycles. The molecule has 1 aromatic carbocycles. The molecule has 0 fully saturated rings. The molecule has 0 heterocycles. The number of nitriles is 1. The third-order valence-electron chi connectivity index (χ3n) is 2.06. The van der Waals surface area contributed by atoms with E-state index in [-0.39, 0.29) is 18.4 Å². The number of hydrogen-bond acceptors (Lipinski definition) is 3. The molecule has 86 valence electrons. The molecule has 0 spiro atoms. The molecule has 0 radical (unpaired) electrons. The molecule has 5 heteroatoms. The summed E-state index contributed by atoms with van der Waals surface area (Å²) in [6.07, 6.45) is 0.434. The van der Waals surface area contributed by atoms with E-state index in [4.69, 9.17) is 10.00 Å². The molecule has 1 atom stereocenters. The van der Waals surface area contributed by atoms with Crippen LogP contribution in [0.2, 0.25) is 0 Å². The lowest BCUT2D eigenvalue weighted by molar-refractivity contribution is 0.285. The molecule has 0 bridgehead atoms. The van der Waals surface area contributed by atoms with Crippen LogP contribution in [-0.4, -0.2) is 19.7 Å². The normalized spacial score (nSPS) is 11.9. The largest absolute Gasteiger partial charge is 0.490 e. The lowest BCUT2D eigenvalue weighted by Crippen LogP contribution is -2.25. The van der Waals surface area contributed by atoms with Crippen LogP contribution in [0.5, 0.6) is 5.75 Å². The quantitative estimate of drug-likeness (QED) is 0.833. The van der Waals surface area contributed by atoms with Crippen molar-refractivity contribution >= 4 is 0 Å². The van der Waals surface area contributed by atoms with Crippen LogP contribution in [0, 0.1) is 23.0 Å². The van der Waals surface area contributed by atoms with Crippen molar-refractivity contribution in [2.24, 2.45) is 0 Å². The molecule has 0 saturated heterocycles. The molecule has 0 amide bonds. The van der Waals surface area contributed by atoms with Gasteiger partial charge in [-0.1, -0.05) is 0 Å². The minimum absolute atomic E-state index is 0.00538. The van der Waals surface area contributed by atoms with Crippen LogP contribution in [0.25, 0.3) is 0 Å². The van der Waals surface area contributed by atoms with Gasteiger partial charge in [-0.3, -0.25) is 0 Å². The molecular formula is C11H12F2N2O. The summed E-state index contributed by atoms with van der Waals surface area (Å²) in [6.45, 7) is 0.196. The van der Waals surface area contributed by atoms with Crippen molar-refractivity contribution in [3.05, 3.63) is 29.8 Å². The van der Waals surface area contributed by atoms with Crippen molar-refractivity contribution in [1.29, 1.82) is 5.26 Å². The summed E-state index contributed by atoms with van der Waals surface area (Å²) in [7, 11) is 1.66. The van der Waals surface area contributed by atoms with Gasteiger partial charge in [-0.2, -0.15) is 5.26 Å². The van der Waals surface area contributed by atoms with E-state index >= 15 is 0 Å². The monoisotopic (exact) mass is 226 g/mol. The first-order valence-electron chi connectivity index (χ1n) is 4.82. The zero-order valence-electron chi connectivity index (χ0n) is 8.84. The number of ether oxygens (including phenoxy) is 1. The van der Waals surface area contributed by atoms with Gasteiger partial charge >= 0.3 is 0 Å². The average Bonchev–Trinajstić information content (AvgIpc) is 2.27. The molecule has 1 rings (SSSR count). The van der Waals surface area contributed by atoms with Crippen LogP contribution >= 0.6 is 0 Å². The maximum atomic E-state index is 13.1. The minimum Gasteiger partial charge on any atom is -0.490 e. The Balaban J connectivity index is 2.46. The van der Waals surface area contributed by atoms with E-state index in [0.29, 0.717) is 6.42 Å². The van der Waals surface area contributed by atoms with E-state index in [1.807, 2.05) is 6.07 Å². The Kier molecular flexibility index (Phi) is 4.67. The third-order valence-corrected chi connectivity index (χ3v) is 2.06. The summed E-state index contributed by atoms with van der Waals surface area (Å²) in [5.74, 6) is -1.39. The Bertz CT molecular complexity index is 390. The highest BCUT2D eigenvalue weighted by Gasteiger charge is 2.07. The van der Waals surface area contributed by atoms with Crippen LogP contribution in [-0.2, 0) is 0 Å². The Morgan fingerprint density at radius 3 is 2.81 bits per heavy atom. The predicted octanol–water partition coefficient (Wildman–Crippen LogP) is 1.85. The average molecular weight is 226 g/mol. The highest BCUT2D eigenvalue weighted by molar-refractivity contribution is 5.24. The Labute approximate surface area is 92.6 Å². The van der Waals surface area contributed by atoms with Crippen molar-refractivity contribution in [1.82, 2.24) is 5.32 Å². The van der Waals surface area contributed by atoms with Gasteiger partial charge in [0.2, 0.25) is 0 Å². The lowest BCUT2D eigenvalue weighted by atomic mass is 10.2. The van der Waals surface area contributed by atoms with Gasteiger partial charge in [-0.05, 0) is 19.2 Å². The second kappa shape index (κ2) is 6.03. The second-order valence-corrected chi connectivity index (χ2v) is 3.18. The van der Waals surface area contributed by atoms with Gasteiger partial charge in [0, 0.05) is 12.5 Å². The van der Waals surface area contributed by atoms with Gasteiger partial charge in [0.15, 0.2) is 11.6 Å². The van der Waals surface area contributed by atoms with Gasteiger partial charge in [0.05, 0.1) is 18.7 Å².